The Labute approximate surface area is 114 Å². The predicted molar refractivity (Wildman–Crippen MR) is 74.6 cm³/mol. The third-order valence-corrected chi connectivity index (χ3v) is 3.54. The van der Waals surface area contributed by atoms with Crippen LogP contribution < -0.4 is 11.1 Å². The van der Waals surface area contributed by atoms with E-state index in [2.05, 4.69) is 5.32 Å². The lowest BCUT2D eigenvalue weighted by molar-refractivity contribution is -0.122. The van der Waals surface area contributed by atoms with E-state index in [9.17, 15) is 4.79 Å². The summed E-state index contributed by atoms with van der Waals surface area (Å²) in [4.78, 5) is 11.9. The molecule has 1 heterocycles. The first-order valence-corrected chi connectivity index (χ1v) is 6.88. The van der Waals surface area contributed by atoms with Gasteiger partial charge >= 0.3 is 0 Å². The van der Waals surface area contributed by atoms with Crippen LogP contribution in [0.3, 0.4) is 0 Å². The van der Waals surface area contributed by atoms with E-state index in [0.29, 0.717) is 6.42 Å². The molecule has 1 aromatic rings. The number of carbonyl (C=O) groups is 1. The second-order valence-corrected chi connectivity index (χ2v) is 5.13. The van der Waals surface area contributed by atoms with Crippen LogP contribution in [0.25, 0.3) is 0 Å². The summed E-state index contributed by atoms with van der Waals surface area (Å²) in [5.41, 5.74) is 7.02. The molecule has 0 bridgehead atoms. The lowest BCUT2D eigenvalue weighted by Gasteiger charge is -2.21. The zero-order chi connectivity index (χ0) is 13.7. The monoisotopic (exact) mass is 262 g/mol. The number of hydrogen-bond acceptors (Lipinski definition) is 3. The van der Waals surface area contributed by atoms with Crippen LogP contribution in [0.2, 0.25) is 0 Å². The zero-order valence-corrected chi connectivity index (χ0v) is 11.3. The Bertz CT molecular complexity index is 402. The number of nitrogens with one attached hydrogen (secondary N) is 1. The van der Waals surface area contributed by atoms with Gasteiger partial charge in [0, 0.05) is 19.1 Å². The van der Waals surface area contributed by atoms with E-state index in [1.54, 1.807) is 0 Å². The topological polar surface area (TPSA) is 64.4 Å². The van der Waals surface area contributed by atoms with Crippen molar-refractivity contribution in [1.29, 1.82) is 0 Å². The molecule has 3 N–H and O–H groups in total. The van der Waals surface area contributed by atoms with Crippen LogP contribution in [0.4, 0.5) is 0 Å². The Morgan fingerprint density at radius 1 is 1.47 bits per heavy atom. The Hall–Kier alpha value is -1.39. The van der Waals surface area contributed by atoms with Crippen LogP contribution in [0.1, 0.15) is 37.8 Å². The fourth-order valence-corrected chi connectivity index (χ4v) is 2.42. The summed E-state index contributed by atoms with van der Waals surface area (Å²) in [5, 5.41) is 2.98. The van der Waals surface area contributed by atoms with Crippen molar-refractivity contribution in [2.75, 3.05) is 6.61 Å². The lowest BCUT2D eigenvalue weighted by Crippen LogP contribution is -2.41. The number of benzene rings is 1. The minimum absolute atomic E-state index is 0.0145. The molecule has 0 saturated carbocycles. The summed E-state index contributed by atoms with van der Waals surface area (Å²) in [5.74, 6) is -0.0145. The van der Waals surface area contributed by atoms with Gasteiger partial charge in [0.25, 0.3) is 0 Å². The molecule has 4 nitrogen and oxygen atoms in total. The van der Waals surface area contributed by atoms with Crippen molar-refractivity contribution in [2.24, 2.45) is 5.73 Å². The lowest BCUT2D eigenvalue weighted by atomic mass is 10.0. The minimum atomic E-state index is -0.252. The fraction of sp³-hybridized carbons (Fsp3) is 0.533. The highest BCUT2D eigenvalue weighted by Crippen LogP contribution is 2.17. The molecule has 3 atom stereocenters. The number of rotatable bonds is 5. The largest absolute Gasteiger partial charge is 0.376 e. The molecule has 1 fully saturated rings. The van der Waals surface area contributed by atoms with E-state index in [0.717, 1.165) is 25.0 Å². The normalized spacial score (nSPS) is 21.9. The van der Waals surface area contributed by atoms with Crippen LogP contribution in [-0.4, -0.2) is 24.7 Å². The highest BCUT2D eigenvalue weighted by Gasteiger charge is 2.24. The average Bonchev–Trinajstić information content (AvgIpc) is 2.93. The highest BCUT2D eigenvalue weighted by atomic mass is 16.5. The Balaban J connectivity index is 1.80. The number of ether oxygens (including phenoxy) is 1. The molecule has 0 aromatic heterocycles. The molecular formula is C15H22N2O2. The van der Waals surface area contributed by atoms with E-state index in [4.69, 9.17) is 10.5 Å². The average molecular weight is 262 g/mol. The molecule has 1 saturated heterocycles. The predicted octanol–water partition coefficient (Wildman–Crippen LogP) is 1.76. The van der Waals surface area contributed by atoms with Crippen LogP contribution in [0, 0.1) is 0 Å². The Morgan fingerprint density at radius 2 is 2.21 bits per heavy atom. The van der Waals surface area contributed by atoms with E-state index >= 15 is 0 Å². The molecule has 104 valence electrons. The smallest absolute Gasteiger partial charge is 0.222 e. The molecular weight excluding hydrogens is 240 g/mol. The Kier molecular flexibility index (Phi) is 4.93. The zero-order valence-electron chi connectivity index (χ0n) is 11.3. The number of amides is 1. The molecule has 1 amide bonds. The first kappa shape index (κ1) is 14.0. The summed E-state index contributed by atoms with van der Waals surface area (Å²) >= 11 is 0. The fourth-order valence-electron chi connectivity index (χ4n) is 2.42. The molecule has 1 aliphatic heterocycles. The van der Waals surface area contributed by atoms with Gasteiger partial charge in [-0.25, -0.2) is 0 Å². The second-order valence-electron chi connectivity index (χ2n) is 5.13. The van der Waals surface area contributed by atoms with Gasteiger partial charge in [0.15, 0.2) is 0 Å². The van der Waals surface area contributed by atoms with Crippen molar-refractivity contribution in [3.8, 4) is 0 Å². The highest BCUT2D eigenvalue weighted by molar-refractivity contribution is 5.77. The van der Waals surface area contributed by atoms with Gasteiger partial charge in [-0.2, -0.15) is 0 Å². The van der Waals surface area contributed by atoms with Gasteiger partial charge in [0.1, 0.15) is 0 Å². The molecule has 1 aliphatic rings. The van der Waals surface area contributed by atoms with Crippen LogP contribution in [0.5, 0.6) is 0 Å². The maximum absolute atomic E-state index is 11.9. The van der Waals surface area contributed by atoms with Crippen molar-refractivity contribution in [3.63, 3.8) is 0 Å². The molecule has 0 aliphatic carbocycles. The summed E-state index contributed by atoms with van der Waals surface area (Å²) < 4.78 is 5.56. The van der Waals surface area contributed by atoms with E-state index in [1.165, 1.54) is 0 Å². The molecule has 0 radical (unpaired) electrons. The first-order chi connectivity index (χ1) is 9.16. The van der Waals surface area contributed by atoms with Crippen molar-refractivity contribution >= 4 is 5.91 Å². The van der Waals surface area contributed by atoms with Crippen molar-refractivity contribution < 1.29 is 9.53 Å². The molecule has 2 rings (SSSR count). The molecule has 1 aromatic carbocycles. The maximum atomic E-state index is 11.9. The van der Waals surface area contributed by atoms with Gasteiger partial charge in [0.05, 0.1) is 12.1 Å². The van der Waals surface area contributed by atoms with E-state index in [-0.39, 0.29) is 24.1 Å². The summed E-state index contributed by atoms with van der Waals surface area (Å²) in [6, 6.07) is 9.50. The van der Waals surface area contributed by atoms with Gasteiger partial charge in [-0.3, -0.25) is 4.79 Å². The van der Waals surface area contributed by atoms with Gasteiger partial charge in [-0.15, -0.1) is 0 Å². The summed E-state index contributed by atoms with van der Waals surface area (Å²) in [6.07, 6.45) is 2.55. The van der Waals surface area contributed by atoms with Crippen molar-refractivity contribution in [1.82, 2.24) is 5.32 Å². The molecule has 19 heavy (non-hydrogen) atoms. The summed E-state index contributed by atoms with van der Waals surface area (Å²) in [6.45, 7) is 2.79. The van der Waals surface area contributed by atoms with Crippen molar-refractivity contribution in [3.05, 3.63) is 35.9 Å². The standard InChI is InChI=1S/C15H22N2O2/c1-11(14-8-5-9-19-14)17-15(18)10-13(16)12-6-3-2-4-7-12/h2-4,6-7,11,13-14H,5,8-10,16H2,1H3,(H,17,18). The number of carbonyl (C=O) groups excluding carboxylic acids is 1. The molecule has 4 heteroatoms. The second kappa shape index (κ2) is 6.68. The minimum Gasteiger partial charge on any atom is -0.376 e. The van der Waals surface area contributed by atoms with E-state index < -0.39 is 0 Å². The third kappa shape index (κ3) is 4.04. The van der Waals surface area contributed by atoms with Crippen LogP contribution in [-0.2, 0) is 9.53 Å². The first-order valence-electron chi connectivity index (χ1n) is 6.88. The Morgan fingerprint density at radius 3 is 2.84 bits per heavy atom. The maximum Gasteiger partial charge on any atom is 0.222 e. The third-order valence-electron chi connectivity index (χ3n) is 3.54. The van der Waals surface area contributed by atoms with Crippen LogP contribution >= 0.6 is 0 Å². The summed E-state index contributed by atoms with van der Waals surface area (Å²) in [7, 11) is 0. The van der Waals surface area contributed by atoms with Gasteiger partial charge in [-0.05, 0) is 25.3 Å². The van der Waals surface area contributed by atoms with E-state index in [1.807, 2.05) is 37.3 Å². The van der Waals surface area contributed by atoms with Crippen molar-refractivity contribution in [2.45, 2.75) is 44.4 Å². The van der Waals surface area contributed by atoms with Gasteiger partial charge < -0.3 is 15.8 Å². The SMILES string of the molecule is CC(NC(=O)CC(N)c1ccccc1)C1CCCO1. The van der Waals surface area contributed by atoms with Gasteiger partial charge in [-0.1, -0.05) is 30.3 Å². The number of hydrogen-bond donors (Lipinski definition) is 2. The number of nitrogens with two attached hydrogens (primary N) is 1. The quantitative estimate of drug-likeness (QED) is 0.850. The molecule has 0 spiro atoms. The molecule has 3 unspecified atom stereocenters. The van der Waals surface area contributed by atoms with Gasteiger partial charge in [0.2, 0.25) is 5.91 Å². The van der Waals surface area contributed by atoms with Crippen LogP contribution in [0.15, 0.2) is 30.3 Å².